The predicted molar refractivity (Wildman–Crippen MR) is 109 cm³/mol. The summed E-state index contributed by atoms with van der Waals surface area (Å²) in [6.07, 6.45) is 0. The van der Waals surface area contributed by atoms with Gasteiger partial charge in [0, 0.05) is 26.2 Å². The third-order valence-corrected chi connectivity index (χ3v) is 5.01. The number of rotatable bonds is 5. The summed E-state index contributed by atoms with van der Waals surface area (Å²) in [4.78, 5) is 16.4. The van der Waals surface area contributed by atoms with Crippen LogP contribution in [0.15, 0.2) is 65.1 Å². The van der Waals surface area contributed by atoms with Crippen LogP contribution in [0.3, 0.4) is 0 Å². The maximum atomic E-state index is 14.0. The Balaban J connectivity index is 1.34. The Bertz CT molecular complexity index is 1080. The van der Waals surface area contributed by atoms with E-state index in [9.17, 15) is 9.18 Å². The van der Waals surface area contributed by atoms with E-state index < -0.39 is 0 Å². The molecule has 7 heteroatoms. The molecule has 2 heterocycles. The van der Waals surface area contributed by atoms with E-state index in [1.807, 2.05) is 4.90 Å². The van der Waals surface area contributed by atoms with E-state index in [1.54, 1.807) is 59.5 Å². The van der Waals surface area contributed by atoms with E-state index in [4.69, 9.17) is 14.4 Å². The molecule has 0 radical (unpaired) electrons. The summed E-state index contributed by atoms with van der Waals surface area (Å²) in [7, 11) is 0. The summed E-state index contributed by atoms with van der Waals surface area (Å²) in [6.45, 7) is 2.18. The first-order valence-corrected chi connectivity index (χ1v) is 9.65. The summed E-state index contributed by atoms with van der Waals surface area (Å²) in [5, 5.41) is 9.12. The average molecular weight is 405 g/mol. The van der Waals surface area contributed by atoms with Gasteiger partial charge in [0.25, 0.3) is 5.91 Å². The Kier molecular flexibility index (Phi) is 5.66. The Morgan fingerprint density at radius 2 is 1.77 bits per heavy atom. The van der Waals surface area contributed by atoms with Gasteiger partial charge in [-0.2, -0.15) is 5.26 Å². The second-order valence-corrected chi connectivity index (χ2v) is 6.89. The van der Waals surface area contributed by atoms with E-state index in [0.717, 1.165) is 0 Å². The summed E-state index contributed by atoms with van der Waals surface area (Å²) < 4.78 is 25.3. The number of furan rings is 1. The number of ether oxygens (including phenoxy) is 1. The van der Waals surface area contributed by atoms with Crippen molar-refractivity contribution in [3.63, 3.8) is 0 Å². The van der Waals surface area contributed by atoms with Gasteiger partial charge in [0.05, 0.1) is 11.3 Å². The van der Waals surface area contributed by atoms with Gasteiger partial charge in [0.15, 0.2) is 5.76 Å². The van der Waals surface area contributed by atoms with E-state index in [2.05, 4.69) is 6.07 Å². The van der Waals surface area contributed by atoms with Crippen LogP contribution in [0.25, 0.3) is 0 Å². The molecule has 6 nitrogen and oxygen atoms in total. The normalized spacial score (nSPS) is 13.7. The molecule has 2 aromatic carbocycles. The number of benzene rings is 2. The summed E-state index contributed by atoms with van der Waals surface area (Å²) >= 11 is 0. The van der Waals surface area contributed by atoms with Crippen LogP contribution >= 0.6 is 0 Å². The highest BCUT2D eigenvalue weighted by molar-refractivity contribution is 5.91. The Hall–Kier alpha value is -3.79. The molecule has 3 aromatic rings. The summed E-state index contributed by atoms with van der Waals surface area (Å²) in [5.74, 6) is 0.740. The van der Waals surface area contributed by atoms with Gasteiger partial charge >= 0.3 is 0 Å². The zero-order valence-corrected chi connectivity index (χ0v) is 16.3. The highest BCUT2D eigenvalue weighted by atomic mass is 19.1. The molecular formula is C23H20FN3O3. The van der Waals surface area contributed by atoms with Crippen LogP contribution in [0.2, 0.25) is 0 Å². The third-order valence-electron chi connectivity index (χ3n) is 5.01. The molecule has 0 unspecified atom stereocenters. The van der Waals surface area contributed by atoms with Crippen molar-refractivity contribution >= 4 is 11.6 Å². The predicted octanol–water partition coefficient (Wildman–Crippen LogP) is 3.83. The summed E-state index contributed by atoms with van der Waals surface area (Å²) in [5.41, 5.74) is 0.993. The van der Waals surface area contributed by atoms with Crippen LogP contribution in [0.4, 0.5) is 10.1 Å². The lowest BCUT2D eigenvalue weighted by atomic mass is 10.2. The minimum Gasteiger partial charge on any atom is -0.484 e. The van der Waals surface area contributed by atoms with Crippen molar-refractivity contribution in [3.05, 3.63) is 83.6 Å². The Morgan fingerprint density at radius 3 is 2.53 bits per heavy atom. The second-order valence-electron chi connectivity index (χ2n) is 6.89. The lowest BCUT2D eigenvalue weighted by Gasteiger charge is -2.35. The second kappa shape index (κ2) is 8.70. The maximum Gasteiger partial charge on any atom is 0.289 e. The van der Waals surface area contributed by atoms with E-state index in [1.165, 1.54) is 6.07 Å². The van der Waals surface area contributed by atoms with Crippen molar-refractivity contribution in [2.24, 2.45) is 0 Å². The topological polar surface area (TPSA) is 69.7 Å². The molecule has 0 spiro atoms. The first-order chi connectivity index (χ1) is 14.7. The van der Waals surface area contributed by atoms with Crippen molar-refractivity contribution in [1.29, 1.82) is 5.26 Å². The average Bonchev–Trinajstić information content (AvgIpc) is 3.27. The standard InChI is InChI=1S/C23H20FN3O3/c24-19-6-2-3-7-20(19)26-11-13-27(14-12-26)23(28)22-10-9-18(30-22)16-29-21-8-4-1-5-17(21)15-25/h1-10H,11-14,16H2. The number of carbonyl (C=O) groups excluding carboxylic acids is 1. The van der Waals surface area contributed by atoms with Gasteiger partial charge in [-0.25, -0.2) is 4.39 Å². The summed E-state index contributed by atoms with van der Waals surface area (Å²) in [6, 6.07) is 19.0. The van der Waals surface area contributed by atoms with Crippen molar-refractivity contribution in [3.8, 4) is 11.8 Å². The molecule has 0 N–H and O–H groups in total. The maximum absolute atomic E-state index is 14.0. The van der Waals surface area contributed by atoms with Crippen molar-refractivity contribution < 1.29 is 18.3 Å². The van der Waals surface area contributed by atoms with Crippen molar-refractivity contribution in [2.75, 3.05) is 31.1 Å². The molecule has 152 valence electrons. The van der Waals surface area contributed by atoms with E-state index >= 15 is 0 Å². The van der Waals surface area contributed by atoms with Crippen LogP contribution in [0.5, 0.6) is 5.75 Å². The fraction of sp³-hybridized carbons (Fsp3) is 0.217. The van der Waals surface area contributed by atoms with Gasteiger partial charge in [-0.1, -0.05) is 24.3 Å². The molecule has 30 heavy (non-hydrogen) atoms. The number of carbonyl (C=O) groups is 1. The monoisotopic (exact) mass is 405 g/mol. The van der Waals surface area contributed by atoms with Gasteiger partial charge in [-0.15, -0.1) is 0 Å². The van der Waals surface area contributed by atoms with Gasteiger partial charge in [-0.3, -0.25) is 4.79 Å². The molecule has 0 aliphatic carbocycles. The SMILES string of the molecule is N#Cc1ccccc1OCc1ccc(C(=O)N2CCN(c3ccccc3F)CC2)o1. The first kappa shape index (κ1) is 19.5. The first-order valence-electron chi connectivity index (χ1n) is 9.65. The van der Waals surface area contributed by atoms with Crippen molar-refractivity contribution in [2.45, 2.75) is 6.61 Å². The third kappa shape index (κ3) is 4.13. The minimum atomic E-state index is -0.258. The van der Waals surface area contributed by atoms with Crippen LogP contribution in [-0.4, -0.2) is 37.0 Å². The number of nitrogens with zero attached hydrogens (tertiary/aromatic N) is 3. The fourth-order valence-electron chi connectivity index (χ4n) is 3.42. The fourth-order valence-corrected chi connectivity index (χ4v) is 3.42. The zero-order valence-electron chi connectivity index (χ0n) is 16.3. The molecule has 4 rings (SSSR count). The number of hydrogen-bond acceptors (Lipinski definition) is 5. The van der Waals surface area contributed by atoms with Crippen molar-refractivity contribution in [1.82, 2.24) is 4.90 Å². The van der Waals surface area contributed by atoms with Crippen LogP contribution < -0.4 is 9.64 Å². The highest BCUT2D eigenvalue weighted by Crippen LogP contribution is 2.22. The molecule has 1 saturated heterocycles. The highest BCUT2D eigenvalue weighted by Gasteiger charge is 2.25. The molecule has 1 fully saturated rings. The minimum absolute atomic E-state index is 0.118. The Morgan fingerprint density at radius 1 is 1.03 bits per heavy atom. The number of piperazine rings is 1. The van der Waals surface area contributed by atoms with Gasteiger partial charge in [0.2, 0.25) is 0 Å². The smallest absolute Gasteiger partial charge is 0.289 e. The van der Waals surface area contributed by atoms with Crippen LogP contribution in [0.1, 0.15) is 21.9 Å². The zero-order chi connectivity index (χ0) is 20.9. The quantitative estimate of drug-likeness (QED) is 0.645. The van der Waals surface area contributed by atoms with Gasteiger partial charge in [0.1, 0.15) is 30.0 Å². The number of amides is 1. The molecule has 0 atom stereocenters. The number of anilines is 1. The van der Waals surface area contributed by atoms with Crippen LogP contribution in [-0.2, 0) is 6.61 Å². The van der Waals surface area contributed by atoms with Gasteiger partial charge < -0.3 is 19.0 Å². The molecule has 0 bridgehead atoms. The molecule has 1 amide bonds. The Labute approximate surface area is 173 Å². The lowest BCUT2D eigenvalue weighted by molar-refractivity contribution is 0.0710. The lowest BCUT2D eigenvalue weighted by Crippen LogP contribution is -2.49. The largest absolute Gasteiger partial charge is 0.484 e. The molecule has 1 aromatic heterocycles. The number of halogens is 1. The van der Waals surface area contributed by atoms with E-state index in [0.29, 0.717) is 48.9 Å². The molecule has 0 saturated carbocycles. The molecule has 1 aliphatic heterocycles. The van der Waals surface area contributed by atoms with Crippen LogP contribution in [0, 0.1) is 17.1 Å². The number of nitriles is 1. The van der Waals surface area contributed by atoms with E-state index in [-0.39, 0.29) is 24.1 Å². The number of hydrogen-bond donors (Lipinski definition) is 0. The molecule has 1 aliphatic rings. The molecular weight excluding hydrogens is 385 g/mol. The van der Waals surface area contributed by atoms with Gasteiger partial charge in [-0.05, 0) is 36.4 Å². The number of para-hydroxylation sites is 2.